The number of carbonyl (C=O) groups excluding carboxylic acids is 1. The van der Waals surface area contributed by atoms with Crippen LogP contribution >= 0.6 is 0 Å². The molecule has 1 aliphatic rings. The Kier molecular flexibility index (Phi) is 5.84. The van der Waals surface area contributed by atoms with Crippen LogP contribution in [0.25, 0.3) is 10.8 Å². The Hall–Kier alpha value is -3.54. The van der Waals surface area contributed by atoms with Gasteiger partial charge in [-0.3, -0.25) is 4.79 Å². The molecule has 0 unspecified atom stereocenters. The third kappa shape index (κ3) is 4.54. The molecule has 1 heterocycles. The van der Waals surface area contributed by atoms with Gasteiger partial charge in [-0.15, -0.1) is 0 Å². The average Bonchev–Trinajstić information content (AvgIpc) is 2.79. The zero-order valence-corrected chi connectivity index (χ0v) is 16.7. The summed E-state index contributed by atoms with van der Waals surface area (Å²) in [4.78, 5) is 27.5. The number of carboxylic acid groups (broad SMARTS) is 1. The molecule has 154 valence electrons. The van der Waals surface area contributed by atoms with Crippen LogP contribution in [0.15, 0.2) is 66.7 Å². The first-order valence-corrected chi connectivity index (χ1v) is 10.1. The molecule has 30 heavy (non-hydrogen) atoms. The van der Waals surface area contributed by atoms with E-state index in [1.807, 2.05) is 53.4 Å². The highest BCUT2D eigenvalue weighted by Crippen LogP contribution is 2.21. The molecule has 1 fully saturated rings. The summed E-state index contributed by atoms with van der Waals surface area (Å²) >= 11 is 0. The third-order valence-electron chi connectivity index (χ3n) is 5.42. The molecule has 1 aliphatic heterocycles. The molecular formula is C24H24N2O4. The molecule has 0 spiro atoms. The van der Waals surface area contributed by atoms with Gasteiger partial charge in [-0.2, -0.15) is 0 Å². The number of fused-ring (bicyclic) bond motifs is 1. The predicted octanol–water partition coefficient (Wildman–Crippen LogP) is 3.66. The molecule has 3 aromatic carbocycles. The Morgan fingerprint density at radius 2 is 1.57 bits per heavy atom. The van der Waals surface area contributed by atoms with Crippen molar-refractivity contribution in [3.05, 3.63) is 72.3 Å². The molecule has 1 N–H and O–H groups in total. The van der Waals surface area contributed by atoms with Gasteiger partial charge in [-0.25, -0.2) is 4.79 Å². The van der Waals surface area contributed by atoms with Gasteiger partial charge < -0.3 is 19.6 Å². The van der Waals surface area contributed by atoms with Crippen molar-refractivity contribution in [3.8, 4) is 5.75 Å². The van der Waals surface area contributed by atoms with Gasteiger partial charge in [-0.1, -0.05) is 30.3 Å². The third-order valence-corrected chi connectivity index (χ3v) is 5.42. The molecule has 0 bridgehead atoms. The van der Waals surface area contributed by atoms with E-state index in [1.165, 1.54) is 0 Å². The number of rotatable bonds is 6. The average molecular weight is 404 g/mol. The first-order valence-electron chi connectivity index (χ1n) is 10.1. The molecule has 1 amide bonds. The van der Waals surface area contributed by atoms with Gasteiger partial charge in [0.05, 0.1) is 18.6 Å². The van der Waals surface area contributed by atoms with Crippen LogP contribution < -0.4 is 9.64 Å². The maximum atomic E-state index is 12.5. The number of nitrogens with zero attached hydrogens (tertiary/aromatic N) is 2. The van der Waals surface area contributed by atoms with Crippen LogP contribution in [-0.4, -0.2) is 54.7 Å². The zero-order chi connectivity index (χ0) is 20.9. The van der Waals surface area contributed by atoms with Crippen molar-refractivity contribution in [2.24, 2.45) is 0 Å². The largest absolute Gasteiger partial charge is 0.493 e. The van der Waals surface area contributed by atoms with Crippen LogP contribution in [-0.2, 0) is 4.79 Å². The van der Waals surface area contributed by atoms with Crippen molar-refractivity contribution in [1.29, 1.82) is 0 Å². The van der Waals surface area contributed by atoms with Gasteiger partial charge in [0, 0.05) is 31.9 Å². The second-order valence-corrected chi connectivity index (χ2v) is 7.33. The minimum atomic E-state index is -0.928. The molecule has 0 saturated carbocycles. The Labute approximate surface area is 175 Å². The molecule has 6 nitrogen and oxygen atoms in total. The second kappa shape index (κ2) is 8.86. The van der Waals surface area contributed by atoms with E-state index in [4.69, 9.17) is 9.84 Å². The standard InChI is InChI=1S/C24H24N2O4/c27-23(11-16-30-22-10-7-18-3-1-2-4-20(18)17-22)26-14-12-25(13-15-26)21-8-5-19(6-9-21)24(28)29/h1-10,17H,11-16H2,(H,28,29). The van der Waals surface area contributed by atoms with Gasteiger partial charge >= 0.3 is 5.97 Å². The van der Waals surface area contributed by atoms with E-state index in [0.29, 0.717) is 26.1 Å². The van der Waals surface area contributed by atoms with Crippen LogP contribution in [0.3, 0.4) is 0 Å². The highest BCUT2D eigenvalue weighted by molar-refractivity contribution is 5.88. The monoisotopic (exact) mass is 404 g/mol. The summed E-state index contributed by atoms with van der Waals surface area (Å²) in [6, 6.07) is 20.9. The molecule has 0 aromatic heterocycles. The number of carbonyl (C=O) groups is 2. The molecule has 4 rings (SSSR count). The minimum Gasteiger partial charge on any atom is -0.493 e. The van der Waals surface area contributed by atoms with Gasteiger partial charge in [0.15, 0.2) is 0 Å². The number of piperazine rings is 1. The SMILES string of the molecule is O=C(O)c1ccc(N2CCN(C(=O)CCOc3ccc4ccccc4c3)CC2)cc1. The fourth-order valence-corrected chi connectivity index (χ4v) is 3.70. The molecule has 1 saturated heterocycles. The topological polar surface area (TPSA) is 70.1 Å². The number of aromatic carboxylic acids is 1. The maximum Gasteiger partial charge on any atom is 0.335 e. The van der Waals surface area contributed by atoms with E-state index in [9.17, 15) is 9.59 Å². The van der Waals surface area contributed by atoms with E-state index in [-0.39, 0.29) is 11.5 Å². The van der Waals surface area contributed by atoms with Crippen molar-refractivity contribution in [3.63, 3.8) is 0 Å². The number of carboxylic acids is 1. The number of amides is 1. The summed E-state index contributed by atoms with van der Waals surface area (Å²) < 4.78 is 5.79. The summed E-state index contributed by atoms with van der Waals surface area (Å²) in [6.45, 7) is 3.10. The summed E-state index contributed by atoms with van der Waals surface area (Å²) in [5.74, 6) is -0.0596. The number of hydrogen-bond donors (Lipinski definition) is 1. The Morgan fingerprint density at radius 1 is 0.867 bits per heavy atom. The van der Waals surface area contributed by atoms with Crippen molar-refractivity contribution in [2.45, 2.75) is 6.42 Å². The lowest BCUT2D eigenvalue weighted by Crippen LogP contribution is -2.49. The Morgan fingerprint density at radius 3 is 2.27 bits per heavy atom. The van der Waals surface area contributed by atoms with E-state index in [0.717, 1.165) is 35.3 Å². The van der Waals surface area contributed by atoms with E-state index < -0.39 is 5.97 Å². The van der Waals surface area contributed by atoms with Gasteiger partial charge in [0.1, 0.15) is 5.75 Å². The lowest BCUT2D eigenvalue weighted by Gasteiger charge is -2.36. The van der Waals surface area contributed by atoms with Crippen LogP contribution in [0.2, 0.25) is 0 Å². The predicted molar refractivity (Wildman–Crippen MR) is 116 cm³/mol. The zero-order valence-electron chi connectivity index (χ0n) is 16.7. The van der Waals surface area contributed by atoms with Crippen LogP contribution in [0.4, 0.5) is 5.69 Å². The van der Waals surface area contributed by atoms with Crippen molar-refractivity contribution in [2.75, 3.05) is 37.7 Å². The van der Waals surface area contributed by atoms with Crippen molar-refractivity contribution in [1.82, 2.24) is 4.90 Å². The number of hydrogen-bond acceptors (Lipinski definition) is 4. The number of benzene rings is 3. The van der Waals surface area contributed by atoms with Gasteiger partial charge in [0.2, 0.25) is 5.91 Å². The number of anilines is 1. The fraction of sp³-hybridized carbons (Fsp3) is 0.250. The van der Waals surface area contributed by atoms with E-state index in [2.05, 4.69) is 11.0 Å². The normalized spacial score (nSPS) is 14.0. The van der Waals surface area contributed by atoms with Gasteiger partial charge in [0.25, 0.3) is 0 Å². The summed E-state index contributed by atoms with van der Waals surface area (Å²) in [5.41, 5.74) is 1.26. The van der Waals surface area contributed by atoms with Crippen LogP contribution in [0.5, 0.6) is 5.75 Å². The highest BCUT2D eigenvalue weighted by atomic mass is 16.5. The molecule has 6 heteroatoms. The quantitative estimate of drug-likeness (QED) is 0.679. The molecule has 0 atom stereocenters. The minimum absolute atomic E-state index is 0.0941. The fourth-order valence-electron chi connectivity index (χ4n) is 3.70. The van der Waals surface area contributed by atoms with Crippen LogP contribution in [0.1, 0.15) is 16.8 Å². The summed E-state index contributed by atoms with van der Waals surface area (Å²) in [6.07, 6.45) is 0.347. The molecule has 0 aliphatic carbocycles. The summed E-state index contributed by atoms with van der Waals surface area (Å²) in [7, 11) is 0. The van der Waals surface area contributed by atoms with E-state index >= 15 is 0 Å². The molecular weight excluding hydrogens is 380 g/mol. The van der Waals surface area contributed by atoms with Crippen molar-refractivity contribution >= 4 is 28.3 Å². The lowest BCUT2D eigenvalue weighted by molar-refractivity contribution is -0.132. The maximum absolute atomic E-state index is 12.5. The summed E-state index contributed by atoms with van der Waals surface area (Å²) in [5, 5.41) is 11.3. The first kappa shape index (κ1) is 19.8. The smallest absolute Gasteiger partial charge is 0.335 e. The Balaban J connectivity index is 1.24. The highest BCUT2D eigenvalue weighted by Gasteiger charge is 2.21. The van der Waals surface area contributed by atoms with Crippen LogP contribution in [0, 0.1) is 0 Å². The first-order chi connectivity index (χ1) is 14.6. The lowest BCUT2D eigenvalue weighted by atomic mass is 10.1. The van der Waals surface area contributed by atoms with Gasteiger partial charge in [-0.05, 0) is 47.2 Å². The molecule has 3 aromatic rings. The second-order valence-electron chi connectivity index (χ2n) is 7.33. The molecule has 0 radical (unpaired) electrons. The van der Waals surface area contributed by atoms with E-state index in [1.54, 1.807) is 12.1 Å². The number of ether oxygens (including phenoxy) is 1. The Bertz CT molecular complexity index is 1040. The van der Waals surface area contributed by atoms with Crippen molar-refractivity contribution < 1.29 is 19.4 Å².